The van der Waals surface area contributed by atoms with E-state index in [1.165, 1.54) is 17.6 Å². The molecule has 1 aliphatic heterocycles. The smallest absolute Gasteiger partial charge is 0.293 e. The third kappa shape index (κ3) is 3.31. The lowest BCUT2D eigenvalue weighted by Gasteiger charge is -2.26. The zero-order chi connectivity index (χ0) is 17.2. The van der Waals surface area contributed by atoms with Crippen LogP contribution in [0.3, 0.4) is 0 Å². The molecule has 1 N–H and O–H groups in total. The number of carbonyl (C=O) groups is 2. The second-order valence-electron chi connectivity index (χ2n) is 5.59. The molecule has 0 aromatic carbocycles. The Morgan fingerprint density at radius 3 is 3.04 bits per heavy atom. The summed E-state index contributed by atoms with van der Waals surface area (Å²) in [5.41, 5.74) is 0.933. The van der Waals surface area contributed by atoms with Crippen LogP contribution < -0.4 is 5.32 Å². The molecule has 2 amide bonds. The Kier molecular flexibility index (Phi) is 4.06. The first-order valence-electron chi connectivity index (χ1n) is 7.77. The molecule has 0 fully saturated rings. The Hall–Kier alpha value is -2.94. The van der Waals surface area contributed by atoms with Gasteiger partial charge in [-0.2, -0.15) is 5.10 Å². The quantitative estimate of drug-likeness (QED) is 0.768. The summed E-state index contributed by atoms with van der Waals surface area (Å²) in [6.45, 7) is 1.34. The Morgan fingerprint density at radius 2 is 2.28 bits per heavy atom. The molecule has 8 nitrogen and oxygen atoms in total. The van der Waals surface area contributed by atoms with Gasteiger partial charge < -0.3 is 9.32 Å². The number of hydrogen-bond donors (Lipinski definition) is 1. The molecule has 0 bridgehead atoms. The molecule has 0 saturated heterocycles. The highest BCUT2D eigenvalue weighted by molar-refractivity contribution is 7.15. The molecule has 1 aliphatic rings. The first-order chi connectivity index (χ1) is 12.2. The Bertz CT molecular complexity index is 885. The van der Waals surface area contributed by atoms with Crippen molar-refractivity contribution >= 4 is 28.3 Å². The summed E-state index contributed by atoms with van der Waals surface area (Å²) in [6, 6.07) is 5.04. The van der Waals surface area contributed by atoms with E-state index in [4.69, 9.17) is 4.42 Å². The van der Waals surface area contributed by atoms with E-state index in [9.17, 15) is 9.59 Å². The molecule has 4 rings (SSSR count). The number of thiazole rings is 1. The number of nitrogens with one attached hydrogen (secondary N) is 1. The van der Waals surface area contributed by atoms with Crippen LogP contribution in [0.15, 0.2) is 41.3 Å². The maximum Gasteiger partial charge on any atom is 0.293 e. The number of nitrogens with zero attached hydrogens (tertiary/aromatic N) is 4. The lowest BCUT2D eigenvalue weighted by Crippen LogP contribution is -2.37. The van der Waals surface area contributed by atoms with E-state index in [1.807, 2.05) is 0 Å². The topological polar surface area (TPSA) is 93.3 Å². The number of aromatic nitrogens is 3. The minimum Gasteiger partial charge on any atom is -0.459 e. The van der Waals surface area contributed by atoms with Crippen LogP contribution >= 0.6 is 11.3 Å². The molecule has 0 unspecified atom stereocenters. The van der Waals surface area contributed by atoms with Crippen LogP contribution in [0.25, 0.3) is 0 Å². The summed E-state index contributed by atoms with van der Waals surface area (Å²) >= 11 is 1.39. The Morgan fingerprint density at radius 1 is 1.36 bits per heavy atom. The van der Waals surface area contributed by atoms with Crippen molar-refractivity contribution in [3.05, 3.63) is 53.2 Å². The van der Waals surface area contributed by atoms with E-state index in [0.29, 0.717) is 24.6 Å². The molecular formula is C16H15N5O3S. The largest absolute Gasteiger partial charge is 0.459 e. The molecule has 4 heterocycles. The summed E-state index contributed by atoms with van der Waals surface area (Å²) < 4.78 is 6.68. The van der Waals surface area contributed by atoms with Crippen LogP contribution in [0.4, 0.5) is 5.13 Å². The second-order valence-corrected chi connectivity index (χ2v) is 6.67. The molecule has 128 valence electrons. The molecule has 0 radical (unpaired) electrons. The maximum absolute atomic E-state index is 12.4. The normalized spacial score (nSPS) is 13.5. The highest BCUT2D eigenvalue weighted by Gasteiger charge is 2.25. The zero-order valence-corrected chi connectivity index (χ0v) is 14.0. The van der Waals surface area contributed by atoms with Gasteiger partial charge in [-0.1, -0.05) is 11.3 Å². The number of carbonyl (C=O) groups excluding carboxylic acids is 2. The third-order valence-electron chi connectivity index (χ3n) is 3.91. The van der Waals surface area contributed by atoms with E-state index in [0.717, 1.165) is 10.6 Å². The number of amides is 2. The third-order valence-corrected chi connectivity index (χ3v) is 4.90. The zero-order valence-electron chi connectivity index (χ0n) is 13.2. The fourth-order valence-corrected chi connectivity index (χ4v) is 3.68. The average Bonchev–Trinajstić information content (AvgIpc) is 3.35. The summed E-state index contributed by atoms with van der Waals surface area (Å²) in [5.74, 6) is -0.0733. The van der Waals surface area contributed by atoms with E-state index < -0.39 is 0 Å². The van der Waals surface area contributed by atoms with Crippen molar-refractivity contribution in [1.82, 2.24) is 19.7 Å². The Labute approximate surface area is 147 Å². The van der Waals surface area contributed by atoms with Gasteiger partial charge in [0, 0.05) is 30.2 Å². The molecule has 25 heavy (non-hydrogen) atoms. The molecule has 0 saturated carbocycles. The van der Waals surface area contributed by atoms with Crippen molar-refractivity contribution < 1.29 is 14.0 Å². The van der Waals surface area contributed by atoms with Crippen LogP contribution in [0.2, 0.25) is 0 Å². The molecular weight excluding hydrogens is 342 g/mol. The number of rotatable bonds is 4. The SMILES string of the molecule is O=C(Nc1nc2c(s1)CN(C(=O)Cn1cccn1)CC2)c1ccco1. The predicted octanol–water partition coefficient (Wildman–Crippen LogP) is 1.77. The van der Waals surface area contributed by atoms with Gasteiger partial charge in [-0.3, -0.25) is 19.6 Å². The van der Waals surface area contributed by atoms with Gasteiger partial charge in [-0.05, 0) is 18.2 Å². The van der Waals surface area contributed by atoms with E-state index in [1.54, 1.807) is 40.2 Å². The molecule has 9 heteroatoms. The lowest BCUT2D eigenvalue weighted by atomic mass is 10.2. The standard InChI is InChI=1S/C16H15N5O3S/c22-14(10-21-6-2-5-17-21)20-7-4-11-13(9-20)25-16(18-11)19-15(23)12-3-1-8-24-12/h1-3,5-6,8H,4,7,9-10H2,(H,18,19,23). The van der Waals surface area contributed by atoms with Crippen molar-refractivity contribution in [3.8, 4) is 0 Å². The molecule has 3 aromatic heterocycles. The van der Waals surface area contributed by atoms with Gasteiger partial charge in [0.15, 0.2) is 10.9 Å². The minimum atomic E-state index is -0.331. The van der Waals surface area contributed by atoms with E-state index in [-0.39, 0.29) is 24.1 Å². The van der Waals surface area contributed by atoms with E-state index in [2.05, 4.69) is 15.4 Å². The minimum absolute atomic E-state index is 0.0175. The summed E-state index contributed by atoms with van der Waals surface area (Å²) in [6.07, 6.45) is 5.54. The van der Waals surface area contributed by atoms with Gasteiger partial charge in [0.1, 0.15) is 6.54 Å². The fourth-order valence-electron chi connectivity index (χ4n) is 2.66. The first kappa shape index (κ1) is 15.6. The summed E-state index contributed by atoms with van der Waals surface area (Å²) in [4.78, 5) is 31.7. The lowest BCUT2D eigenvalue weighted by molar-refractivity contribution is -0.132. The van der Waals surface area contributed by atoms with Gasteiger partial charge >= 0.3 is 0 Å². The van der Waals surface area contributed by atoms with Gasteiger partial charge in [-0.15, -0.1) is 0 Å². The summed E-state index contributed by atoms with van der Waals surface area (Å²) in [5, 5.41) is 7.32. The van der Waals surface area contributed by atoms with Gasteiger partial charge in [0.2, 0.25) is 5.91 Å². The summed E-state index contributed by atoms with van der Waals surface area (Å²) in [7, 11) is 0. The van der Waals surface area contributed by atoms with Gasteiger partial charge in [0.05, 0.1) is 18.5 Å². The van der Waals surface area contributed by atoms with Crippen molar-refractivity contribution in [2.45, 2.75) is 19.5 Å². The maximum atomic E-state index is 12.4. The van der Waals surface area contributed by atoms with Crippen LogP contribution in [-0.2, 0) is 24.3 Å². The highest BCUT2D eigenvalue weighted by atomic mass is 32.1. The first-order valence-corrected chi connectivity index (χ1v) is 8.59. The molecule has 0 atom stereocenters. The van der Waals surface area contributed by atoms with Crippen molar-refractivity contribution in [2.75, 3.05) is 11.9 Å². The van der Waals surface area contributed by atoms with Crippen LogP contribution in [0.5, 0.6) is 0 Å². The fraction of sp³-hybridized carbons (Fsp3) is 0.250. The van der Waals surface area contributed by atoms with Crippen molar-refractivity contribution in [3.63, 3.8) is 0 Å². The van der Waals surface area contributed by atoms with Crippen molar-refractivity contribution in [2.24, 2.45) is 0 Å². The Balaban J connectivity index is 1.42. The number of furan rings is 1. The van der Waals surface area contributed by atoms with E-state index >= 15 is 0 Å². The average molecular weight is 357 g/mol. The van der Waals surface area contributed by atoms with Gasteiger partial charge in [-0.25, -0.2) is 4.98 Å². The number of fused-ring (bicyclic) bond motifs is 1. The molecule has 0 aliphatic carbocycles. The van der Waals surface area contributed by atoms with Gasteiger partial charge in [0.25, 0.3) is 5.91 Å². The number of anilines is 1. The monoisotopic (exact) mass is 357 g/mol. The number of hydrogen-bond acceptors (Lipinski definition) is 6. The van der Waals surface area contributed by atoms with Crippen molar-refractivity contribution in [1.29, 1.82) is 0 Å². The molecule has 0 spiro atoms. The highest BCUT2D eigenvalue weighted by Crippen LogP contribution is 2.28. The van der Waals surface area contributed by atoms with Crippen LogP contribution in [-0.4, -0.2) is 38.0 Å². The second kappa shape index (κ2) is 6.52. The van der Waals surface area contributed by atoms with Crippen LogP contribution in [0.1, 0.15) is 21.1 Å². The van der Waals surface area contributed by atoms with Crippen LogP contribution in [0, 0.1) is 0 Å². The predicted molar refractivity (Wildman–Crippen MR) is 90.1 cm³/mol. The molecule has 3 aromatic rings.